The monoisotopic (exact) mass is 442 g/mol. The number of carbonyl (C=O) groups excluding carboxylic acids is 2. The van der Waals surface area contributed by atoms with Crippen molar-refractivity contribution >= 4 is 23.2 Å². The molecule has 3 atom stereocenters. The number of hydrogen-bond acceptors (Lipinski definition) is 5. The summed E-state index contributed by atoms with van der Waals surface area (Å²) in [6, 6.07) is 26.0. The van der Waals surface area contributed by atoms with Gasteiger partial charge >= 0.3 is 0 Å². The van der Waals surface area contributed by atoms with Crippen molar-refractivity contribution in [2.45, 2.75) is 31.9 Å². The van der Waals surface area contributed by atoms with Crippen LogP contribution < -0.4 is 14.7 Å². The molecule has 5 rings (SSSR count). The summed E-state index contributed by atoms with van der Waals surface area (Å²) in [6.45, 7) is 2.75. The lowest BCUT2D eigenvalue weighted by Gasteiger charge is -2.28. The molecule has 0 unspecified atom stereocenters. The molecule has 0 saturated carbocycles. The molecule has 2 heterocycles. The predicted molar refractivity (Wildman–Crippen MR) is 126 cm³/mol. The van der Waals surface area contributed by atoms with Crippen molar-refractivity contribution in [3.05, 3.63) is 90.5 Å². The average molecular weight is 443 g/mol. The van der Waals surface area contributed by atoms with E-state index >= 15 is 0 Å². The topological polar surface area (TPSA) is 59.1 Å². The second-order valence-electron chi connectivity index (χ2n) is 8.28. The van der Waals surface area contributed by atoms with E-state index in [1.807, 2.05) is 60.7 Å². The number of hydrogen-bond donors (Lipinski definition) is 0. The number of para-hydroxylation sites is 1. The molecule has 0 aromatic heterocycles. The Labute approximate surface area is 193 Å². The van der Waals surface area contributed by atoms with Gasteiger partial charge in [0.05, 0.1) is 24.0 Å². The van der Waals surface area contributed by atoms with Crippen LogP contribution in [0.15, 0.2) is 84.9 Å². The summed E-state index contributed by atoms with van der Waals surface area (Å²) in [6.07, 6.45) is 1.16. The highest BCUT2D eigenvalue weighted by Crippen LogP contribution is 2.47. The van der Waals surface area contributed by atoms with E-state index in [0.717, 1.165) is 29.8 Å². The molecule has 0 N–H and O–H groups in total. The fourth-order valence-electron chi connectivity index (χ4n) is 4.48. The van der Waals surface area contributed by atoms with Crippen LogP contribution >= 0.6 is 0 Å². The van der Waals surface area contributed by atoms with E-state index in [2.05, 4.69) is 6.92 Å². The van der Waals surface area contributed by atoms with E-state index in [9.17, 15) is 9.59 Å². The summed E-state index contributed by atoms with van der Waals surface area (Å²) in [7, 11) is 0. The van der Waals surface area contributed by atoms with Crippen molar-refractivity contribution in [2.75, 3.05) is 16.6 Å². The van der Waals surface area contributed by atoms with Gasteiger partial charge in [-0.05, 0) is 48.4 Å². The van der Waals surface area contributed by atoms with E-state index in [1.54, 1.807) is 29.3 Å². The largest absolute Gasteiger partial charge is 0.494 e. The number of amides is 2. The van der Waals surface area contributed by atoms with Crippen LogP contribution in [0.2, 0.25) is 0 Å². The van der Waals surface area contributed by atoms with Crippen molar-refractivity contribution in [1.29, 1.82) is 0 Å². The Bertz CT molecular complexity index is 1120. The summed E-state index contributed by atoms with van der Waals surface area (Å²) >= 11 is 0. The lowest BCUT2D eigenvalue weighted by Crippen LogP contribution is -2.37. The summed E-state index contributed by atoms with van der Waals surface area (Å²) in [5.74, 6) is -0.512. The number of carbonyl (C=O) groups is 2. The predicted octanol–water partition coefficient (Wildman–Crippen LogP) is 4.92. The Morgan fingerprint density at radius 3 is 2.15 bits per heavy atom. The minimum Gasteiger partial charge on any atom is -0.494 e. The van der Waals surface area contributed by atoms with Gasteiger partial charge in [0.1, 0.15) is 11.7 Å². The van der Waals surface area contributed by atoms with Crippen LogP contribution in [-0.4, -0.2) is 24.5 Å². The molecule has 2 aliphatic heterocycles. The highest BCUT2D eigenvalue weighted by molar-refractivity contribution is 6.23. The zero-order valence-corrected chi connectivity index (χ0v) is 18.5. The molecule has 2 saturated heterocycles. The van der Waals surface area contributed by atoms with Gasteiger partial charge < -0.3 is 4.74 Å². The molecular formula is C27H26N2O4. The van der Waals surface area contributed by atoms with Gasteiger partial charge in [-0.15, -0.1) is 0 Å². The maximum absolute atomic E-state index is 13.6. The number of nitrogens with zero attached hydrogens (tertiary/aromatic N) is 2. The maximum Gasteiger partial charge on any atom is 0.266 e. The van der Waals surface area contributed by atoms with Crippen molar-refractivity contribution < 1.29 is 19.2 Å². The molecule has 6 nitrogen and oxygen atoms in total. The maximum atomic E-state index is 13.6. The van der Waals surface area contributed by atoms with Crippen LogP contribution in [-0.2, 0) is 14.4 Å². The fourth-order valence-corrected chi connectivity index (χ4v) is 4.48. The Balaban J connectivity index is 1.45. The van der Waals surface area contributed by atoms with Crippen LogP contribution in [0.25, 0.3) is 0 Å². The Morgan fingerprint density at radius 1 is 0.818 bits per heavy atom. The van der Waals surface area contributed by atoms with Crippen molar-refractivity contribution in [1.82, 2.24) is 0 Å². The molecule has 168 valence electrons. The zero-order chi connectivity index (χ0) is 22.8. The first-order chi connectivity index (χ1) is 16.2. The van der Waals surface area contributed by atoms with Gasteiger partial charge in [0, 0.05) is 0 Å². The van der Waals surface area contributed by atoms with Crippen LogP contribution in [0.5, 0.6) is 5.75 Å². The average Bonchev–Trinajstić information content (AvgIpc) is 3.37. The van der Waals surface area contributed by atoms with E-state index in [4.69, 9.17) is 9.57 Å². The number of benzene rings is 3. The van der Waals surface area contributed by atoms with Gasteiger partial charge in [-0.25, -0.2) is 9.96 Å². The summed E-state index contributed by atoms with van der Waals surface area (Å²) < 4.78 is 5.71. The molecule has 0 bridgehead atoms. The first-order valence-corrected chi connectivity index (χ1v) is 11.4. The number of hydroxylamine groups is 1. The van der Waals surface area contributed by atoms with Crippen LogP contribution in [0.4, 0.5) is 11.4 Å². The molecule has 6 heteroatoms. The van der Waals surface area contributed by atoms with E-state index < -0.39 is 18.1 Å². The lowest BCUT2D eigenvalue weighted by molar-refractivity contribution is -0.126. The highest BCUT2D eigenvalue weighted by Gasteiger charge is 2.60. The van der Waals surface area contributed by atoms with E-state index in [1.165, 1.54) is 4.90 Å². The summed E-state index contributed by atoms with van der Waals surface area (Å²) in [5, 5.41) is 1.71. The molecule has 2 aliphatic rings. The standard InChI is InChI=1S/C27H26N2O4/c1-2-3-18-32-22-16-14-20(15-17-22)28-26(30)23-24(19-10-6-4-7-11-19)29(33-25(23)27(28)31)21-12-8-5-9-13-21/h4-17,23-25H,2-3,18H2,1H3/t23-,24+,25+/m0/s1. The number of rotatable bonds is 7. The van der Waals surface area contributed by atoms with Gasteiger partial charge in [-0.3, -0.25) is 14.4 Å². The smallest absolute Gasteiger partial charge is 0.266 e. The molecule has 0 spiro atoms. The molecule has 33 heavy (non-hydrogen) atoms. The van der Waals surface area contributed by atoms with Crippen LogP contribution in [0, 0.1) is 5.92 Å². The van der Waals surface area contributed by atoms with E-state index in [0.29, 0.717) is 12.3 Å². The minimum absolute atomic E-state index is 0.253. The number of imide groups is 1. The van der Waals surface area contributed by atoms with Crippen LogP contribution in [0.3, 0.4) is 0 Å². The Hall–Kier alpha value is -3.64. The number of unbranched alkanes of at least 4 members (excludes halogenated alkanes) is 1. The van der Waals surface area contributed by atoms with Crippen molar-refractivity contribution in [3.8, 4) is 5.75 Å². The first kappa shape index (κ1) is 21.2. The molecule has 2 fully saturated rings. The number of ether oxygens (including phenoxy) is 1. The zero-order valence-electron chi connectivity index (χ0n) is 18.5. The van der Waals surface area contributed by atoms with Gasteiger partial charge in [-0.2, -0.15) is 0 Å². The quantitative estimate of drug-likeness (QED) is 0.384. The summed E-state index contributed by atoms with van der Waals surface area (Å²) in [5.41, 5.74) is 2.27. The SMILES string of the molecule is CCCCOc1ccc(N2C(=O)[C@H]3[C@@H](c4ccccc4)N(c4ccccc4)O[C@H]3C2=O)cc1. The number of fused-ring (bicyclic) bond motifs is 1. The lowest BCUT2D eigenvalue weighted by atomic mass is 9.90. The second-order valence-corrected chi connectivity index (χ2v) is 8.28. The molecule has 3 aromatic carbocycles. The molecule has 3 aromatic rings. The normalized spacial score (nSPS) is 22.0. The van der Waals surface area contributed by atoms with Crippen LogP contribution in [0.1, 0.15) is 31.4 Å². The first-order valence-electron chi connectivity index (χ1n) is 11.4. The second kappa shape index (κ2) is 9.08. The molecular weight excluding hydrogens is 416 g/mol. The highest BCUT2D eigenvalue weighted by atomic mass is 16.7. The van der Waals surface area contributed by atoms with Crippen molar-refractivity contribution in [2.24, 2.45) is 5.92 Å². The third kappa shape index (κ3) is 3.87. The third-order valence-electron chi connectivity index (χ3n) is 6.13. The van der Waals surface area contributed by atoms with Gasteiger partial charge in [0.25, 0.3) is 5.91 Å². The Morgan fingerprint density at radius 2 is 1.48 bits per heavy atom. The fraction of sp³-hybridized carbons (Fsp3) is 0.259. The molecule has 2 amide bonds. The Kier molecular flexibility index (Phi) is 5.84. The third-order valence-corrected chi connectivity index (χ3v) is 6.13. The summed E-state index contributed by atoms with van der Waals surface area (Å²) in [4.78, 5) is 34.4. The van der Waals surface area contributed by atoms with E-state index in [-0.39, 0.29) is 11.8 Å². The van der Waals surface area contributed by atoms with Crippen molar-refractivity contribution in [3.63, 3.8) is 0 Å². The number of anilines is 2. The molecule has 0 aliphatic carbocycles. The van der Waals surface area contributed by atoms with Gasteiger partial charge in [-0.1, -0.05) is 61.9 Å². The molecule has 0 radical (unpaired) electrons. The van der Waals surface area contributed by atoms with Gasteiger partial charge in [0.2, 0.25) is 5.91 Å². The minimum atomic E-state index is -0.872. The van der Waals surface area contributed by atoms with Gasteiger partial charge in [0.15, 0.2) is 6.10 Å².